The van der Waals surface area contributed by atoms with Gasteiger partial charge in [-0.2, -0.15) is 0 Å². The van der Waals surface area contributed by atoms with Gasteiger partial charge in [-0.3, -0.25) is 9.59 Å². The van der Waals surface area contributed by atoms with E-state index >= 15 is 0 Å². The molecule has 2 amide bonds. The number of carbonyl (C=O) groups is 2. The summed E-state index contributed by atoms with van der Waals surface area (Å²) in [6.07, 6.45) is 2.51. The molecule has 112 valence electrons. The van der Waals surface area contributed by atoms with Crippen LogP contribution in [-0.4, -0.2) is 36.3 Å². The second-order valence-electron chi connectivity index (χ2n) is 5.46. The van der Waals surface area contributed by atoms with E-state index in [2.05, 4.69) is 0 Å². The van der Waals surface area contributed by atoms with Crippen LogP contribution in [0.4, 0.5) is 10.1 Å². The minimum absolute atomic E-state index is 0.0189. The van der Waals surface area contributed by atoms with E-state index in [1.807, 2.05) is 0 Å². The van der Waals surface area contributed by atoms with Crippen LogP contribution in [0.5, 0.6) is 0 Å². The third-order valence-electron chi connectivity index (χ3n) is 4.14. The number of amides is 2. The molecule has 1 atom stereocenters. The van der Waals surface area contributed by atoms with E-state index in [1.165, 1.54) is 23.1 Å². The van der Waals surface area contributed by atoms with Crippen molar-refractivity contribution in [3.8, 4) is 0 Å². The van der Waals surface area contributed by atoms with Gasteiger partial charge in [0.15, 0.2) is 0 Å². The summed E-state index contributed by atoms with van der Waals surface area (Å²) in [4.78, 5) is 28.1. The van der Waals surface area contributed by atoms with Crippen LogP contribution in [-0.2, 0) is 9.59 Å². The zero-order valence-corrected chi connectivity index (χ0v) is 12.3. The van der Waals surface area contributed by atoms with Crippen LogP contribution in [0.3, 0.4) is 0 Å². The molecule has 21 heavy (non-hydrogen) atoms. The molecule has 0 N–H and O–H groups in total. The van der Waals surface area contributed by atoms with E-state index in [0.717, 1.165) is 25.9 Å². The molecule has 0 bridgehead atoms. The first-order valence-corrected chi connectivity index (χ1v) is 7.51. The van der Waals surface area contributed by atoms with Crippen molar-refractivity contribution in [3.63, 3.8) is 0 Å². The van der Waals surface area contributed by atoms with Crippen LogP contribution >= 0.6 is 11.6 Å². The normalized spacial score (nSPS) is 22.2. The molecule has 0 saturated carbocycles. The Bertz CT molecular complexity index is 587. The molecule has 2 aliphatic rings. The molecule has 0 radical (unpaired) electrons. The fourth-order valence-corrected chi connectivity index (χ4v) is 3.15. The summed E-state index contributed by atoms with van der Waals surface area (Å²) >= 11 is 5.75. The Morgan fingerprint density at radius 2 is 1.95 bits per heavy atom. The summed E-state index contributed by atoms with van der Waals surface area (Å²) < 4.78 is 13.2. The van der Waals surface area contributed by atoms with E-state index in [4.69, 9.17) is 11.6 Å². The van der Waals surface area contributed by atoms with Crippen LogP contribution in [0.15, 0.2) is 18.2 Å². The molecule has 6 heteroatoms. The van der Waals surface area contributed by atoms with Crippen LogP contribution in [0, 0.1) is 11.7 Å². The van der Waals surface area contributed by atoms with Gasteiger partial charge in [-0.05, 0) is 37.5 Å². The molecule has 3 rings (SSSR count). The van der Waals surface area contributed by atoms with Crippen molar-refractivity contribution in [2.24, 2.45) is 5.92 Å². The largest absolute Gasteiger partial charge is 0.342 e. The molecular weight excluding hydrogens is 295 g/mol. The van der Waals surface area contributed by atoms with Crippen LogP contribution < -0.4 is 4.90 Å². The SMILES string of the molecule is O=C(C1CCN(c2ccc(F)c(Cl)c2)C1=O)N1CCCC1. The molecule has 1 aromatic rings. The highest BCUT2D eigenvalue weighted by molar-refractivity contribution is 6.31. The second kappa shape index (κ2) is 5.64. The van der Waals surface area contributed by atoms with E-state index < -0.39 is 11.7 Å². The lowest BCUT2D eigenvalue weighted by Crippen LogP contribution is -2.38. The van der Waals surface area contributed by atoms with Crippen LogP contribution in [0.2, 0.25) is 5.02 Å². The van der Waals surface area contributed by atoms with Gasteiger partial charge in [0.05, 0.1) is 5.02 Å². The van der Waals surface area contributed by atoms with E-state index in [1.54, 1.807) is 4.90 Å². The summed E-state index contributed by atoms with van der Waals surface area (Å²) in [5, 5.41) is -0.0189. The molecular formula is C15H16ClFN2O2. The summed E-state index contributed by atoms with van der Waals surface area (Å²) in [5.74, 6) is -1.41. The van der Waals surface area contributed by atoms with E-state index in [0.29, 0.717) is 18.7 Å². The highest BCUT2D eigenvalue weighted by atomic mass is 35.5. The van der Waals surface area contributed by atoms with Crippen LogP contribution in [0.25, 0.3) is 0 Å². The lowest BCUT2D eigenvalue weighted by molar-refractivity contribution is -0.139. The van der Waals surface area contributed by atoms with Crippen molar-refractivity contribution in [1.29, 1.82) is 0 Å². The monoisotopic (exact) mass is 310 g/mol. The molecule has 2 fully saturated rings. The predicted molar refractivity (Wildman–Crippen MR) is 77.7 cm³/mol. The first kappa shape index (κ1) is 14.3. The Kier molecular flexibility index (Phi) is 3.85. The molecule has 1 unspecified atom stereocenters. The average Bonchev–Trinajstić information content (AvgIpc) is 3.11. The number of anilines is 1. The van der Waals surface area contributed by atoms with Crippen molar-refractivity contribution < 1.29 is 14.0 Å². The van der Waals surface area contributed by atoms with Gasteiger partial charge in [-0.15, -0.1) is 0 Å². The number of halogens is 2. The Morgan fingerprint density at radius 3 is 2.62 bits per heavy atom. The number of likely N-dealkylation sites (tertiary alicyclic amines) is 1. The number of rotatable bonds is 2. The van der Waals surface area contributed by atoms with Gasteiger partial charge >= 0.3 is 0 Å². The summed E-state index contributed by atoms with van der Waals surface area (Å²) in [5.41, 5.74) is 0.545. The first-order valence-electron chi connectivity index (χ1n) is 7.13. The highest BCUT2D eigenvalue weighted by Gasteiger charge is 2.40. The van der Waals surface area contributed by atoms with Crippen molar-refractivity contribution in [2.75, 3.05) is 24.5 Å². The molecule has 0 spiro atoms. The quantitative estimate of drug-likeness (QED) is 0.787. The Labute approximate surface area is 127 Å². The standard InChI is InChI=1S/C15H16ClFN2O2/c16-12-9-10(3-4-13(12)17)19-8-5-11(15(19)21)14(20)18-6-1-2-7-18/h3-4,9,11H,1-2,5-8H2. The number of hydrogen-bond acceptors (Lipinski definition) is 2. The highest BCUT2D eigenvalue weighted by Crippen LogP contribution is 2.30. The second-order valence-corrected chi connectivity index (χ2v) is 5.87. The van der Waals surface area contributed by atoms with E-state index in [-0.39, 0.29) is 16.8 Å². The summed E-state index contributed by atoms with van der Waals surface area (Å²) in [6.45, 7) is 1.95. The minimum atomic E-state index is -0.605. The number of nitrogens with zero attached hydrogens (tertiary/aromatic N) is 2. The third-order valence-corrected chi connectivity index (χ3v) is 4.43. The van der Waals surface area contributed by atoms with Gasteiger partial charge in [-0.25, -0.2) is 4.39 Å². The average molecular weight is 311 g/mol. The number of hydrogen-bond donors (Lipinski definition) is 0. The Morgan fingerprint density at radius 1 is 1.24 bits per heavy atom. The molecule has 1 aromatic carbocycles. The van der Waals surface area contributed by atoms with Crippen LogP contribution in [0.1, 0.15) is 19.3 Å². The molecule has 2 heterocycles. The fraction of sp³-hybridized carbons (Fsp3) is 0.467. The van der Waals surface area contributed by atoms with Gasteiger partial charge in [-0.1, -0.05) is 11.6 Å². The maximum absolute atomic E-state index is 13.2. The van der Waals surface area contributed by atoms with Crippen molar-refractivity contribution in [3.05, 3.63) is 29.0 Å². The molecule has 2 saturated heterocycles. The predicted octanol–water partition coefficient (Wildman–Crippen LogP) is 2.45. The van der Waals surface area contributed by atoms with Crippen molar-refractivity contribution in [2.45, 2.75) is 19.3 Å². The zero-order chi connectivity index (χ0) is 15.0. The van der Waals surface area contributed by atoms with Gasteiger partial charge in [0.1, 0.15) is 11.7 Å². The van der Waals surface area contributed by atoms with Crippen molar-refractivity contribution in [1.82, 2.24) is 4.90 Å². The smallest absolute Gasteiger partial charge is 0.239 e. The Balaban J connectivity index is 1.76. The summed E-state index contributed by atoms with van der Waals surface area (Å²) in [7, 11) is 0. The molecule has 4 nitrogen and oxygen atoms in total. The third kappa shape index (κ3) is 2.62. The maximum Gasteiger partial charge on any atom is 0.239 e. The molecule has 0 aliphatic carbocycles. The molecule has 0 aromatic heterocycles. The van der Waals surface area contributed by atoms with Crippen molar-refractivity contribution >= 4 is 29.1 Å². The number of benzene rings is 1. The first-order chi connectivity index (χ1) is 10.1. The minimum Gasteiger partial charge on any atom is -0.342 e. The topological polar surface area (TPSA) is 40.6 Å². The lowest BCUT2D eigenvalue weighted by atomic mass is 10.1. The number of carbonyl (C=O) groups excluding carboxylic acids is 2. The molecule has 2 aliphatic heterocycles. The van der Waals surface area contributed by atoms with E-state index in [9.17, 15) is 14.0 Å². The van der Waals surface area contributed by atoms with Gasteiger partial charge in [0, 0.05) is 25.3 Å². The summed E-state index contributed by atoms with van der Waals surface area (Å²) in [6, 6.07) is 4.18. The lowest BCUT2D eigenvalue weighted by Gasteiger charge is -2.20. The Hall–Kier alpha value is -1.62. The zero-order valence-electron chi connectivity index (χ0n) is 11.5. The van der Waals surface area contributed by atoms with Gasteiger partial charge in [0.2, 0.25) is 11.8 Å². The fourth-order valence-electron chi connectivity index (χ4n) is 2.98. The van der Waals surface area contributed by atoms with Gasteiger partial charge in [0.25, 0.3) is 0 Å². The van der Waals surface area contributed by atoms with Gasteiger partial charge < -0.3 is 9.80 Å². The maximum atomic E-state index is 13.2.